The van der Waals surface area contributed by atoms with Crippen LogP contribution in [0.1, 0.15) is 48.5 Å². The number of carbonyl (C=O) groups is 3. The molecule has 6 nitrogen and oxygen atoms in total. The molecule has 0 saturated heterocycles. The van der Waals surface area contributed by atoms with Crippen LogP contribution < -0.4 is 10.6 Å². The molecule has 128 valence electrons. The Labute approximate surface area is 140 Å². The minimum Gasteiger partial charge on any atom is -0.452 e. The number of aryl methyl sites for hydroxylation is 1. The monoisotopic (exact) mass is 340 g/mol. The molecule has 2 amide bonds. The smallest absolute Gasteiger partial charge is 0.341 e. The predicted molar refractivity (Wildman–Crippen MR) is 90.8 cm³/mol. The van der Waals surface area contributed by atoms with Gasteiger partial charge < -0.3 is 15.4 Å². The van der Waals surface area contributed by atoms with Gasteiger partial charge in [0.1, 0.15) is 5.00 Å². The number of nitrogens with one attached hydrogen (secondary N) is 2. The molecule has 0 radical (unpaired) electrons. The Balaban J connectivity index is 2.75. The highest BCUT2D eigenvalue weighted by Gasteiger charge is 2.22. The van der Waals surface area contributed by atoms with Crippen molar-refractivity contribution in [3.05, 3.63) is 16.0 Å². The van der Waals surface area contributed by atoms with Crippen molar-refractivity contribution in [1.29, 1.82) is 0 Å². The molecule has 0 aromatic carbocycles. The van der Waals surface area contributed by atoms with E-state index < -0.39 is 5.97 Å². The van der Waals surface area contributed by atoms with E-state index in [0.717, 1.165) is 10.4 Å². The summed E-state index contributed by atoms with van der Waals surface area (Å²) in [5.74, 6) is -0.917. The number of hydrogen-bond acceptors (Lipinski definition) is 5. The van der Waals surface area contributed by atoms with Gasteiger partial charge in [0.2, 0.25) is 5.91 Å². The first kappa shape index (κ1) is 19.2. The molecule has 0 aliphatic heterocycles. The fourth-order valence-electron chi connectivity index (χ4n) is 1.79. The van der Waals surface area contributed by atoms with E-state index in [4.69, 9.17) is 4.74 Å². The number of amides is 2. The Kier molecular flexibility index (Phi) is 6.75. The van der Waals surface area contributed by atoms with Crippen molar-refractivity contribution in [2.75, 3.05) is 11.9 Å². The Morgan fingerprint density at radius 1 is 1.17 bits per heavy atom. The topological polar surface area (TPSA) is 84.5 Å². The largest absolute Gasteiger partial charge is 0.452 e. The molecule has 1 aromatic heterocycles. The molecule has 1 atom stereocenters. The maximum absolute atomic E-state index is 12.3. The van der Waals surface area contributed by atoms with Crippen LogP contribution in [0.25, 0.3) is 0 Å². The fraction of sp³-hybridized carbons (Fsp3) is 0.562. The van der Waals surface area contributed by atoms with Crippen molar-refractivity contribution in [3.8, 4) is 0 Å². The first-order chi connectivity index (χ1) is 10.6. The zero-order valence-corrected chi connectivity index (χ0v) is 15.2. The van der Waals surface area contributed by atoms with Crippen LogP contribution >= 0.6 is 11.3 Å². The summed E-state index contributed by atoms with van der Waals surface area (Å²) in [7, 11) is 0. The van der Waals surface area contributed by atoms with Crippen LogP contribution in [-0.4, -0.2) is 30.4 Å². The Hall–Kier alpha value is -1.89. The third-order valence-electron chi connectivity index (χ3n) is 3.60. The van der Waals surface area contributed by atoms with Gasteiger partial charge in [0.05, 0.1) is 5.56 Å². The van der Waals surface area contributed by atoms with E-state index in [1.807, 2.05) is 27.7 Å². The summed E-state index contributed by atoms with van der Waals surface area (Å²) >= 11 is 1.31. The first-order valence-corrected chi connectivity index (χ1v) is 8.29. The van der Waals surface area contributed by atoms with Crippen LogP contribution in [-0.2, 0) is 14.3 Å². The Morgan fingerprint density at radius 3 is 2.30 bits per heavy atom. The van der Waals surface area contributed by atoms with E-state index in [1.54, 1.807) is 6.92 Å². The highest BCUT2D eigenvalue weighted by molar-refractivity contribution is 7.16. The van der Waals surface area contributed by atoms with Gasteiger partial charge in [0, 0.05) is 17.8 Å². The highest BCUT2D eigenvalue weighted by atomic mass is 32.1. The van der Waals surface area contributed by atoms with Gasteiger partial charge in [0.25, 0.3) is 5.91 Å². The summed E-state index contributed by atoms with van der Waals surface area (Å²) in [6.07, 6.45) is 0. The molecule has 23 heavy (non-hydrogen) atoms. The van der Waals surface area contributed by atoms with E-state index in [9.17, 15) is 14.4 Å². The van der Waals surface area contributed by atoms with Gasteiger partial charge in [-0.05, 0) is 32.3 Å². The van der Waals surface area contributed by atoms with Gasteiger partial charge in [-0.3, -0.25) is 9.59 Å². The number of hydrogen-bond donors (Lipinski definition) is 2. The normalized spacial score (nSPS) is 12.0. The molecule has 0 aliphatic rings. The third-order valence-corrected chi connectivity index (χ3v) is 4.72. The van der Waals surface area contributed by atoms with E-state index in [0.29, 0.717) is 16.5 Å². The highest BCUT2D eigenvalue weighted by Crippen LogP contribution is 2.32. The second kappa shape index (κ2) is 8.10. The average molecular weight is 340 g/mol. The van der Waals surface area contributed by atoms with Crippen molar-refractivity contribution in [2.45, 2.75) is 47.6 Å². The zero-order chi connectivity index (χ0) is 17.7. The van der Waals surface area contributed by atoms with Crippen molar-refractivity contribution >= 4 is 34.1 Å². The number of carbonyl (C=O) groups excluding carboxylic acids is 3. The van der Waals surface area contributed by atoms with Crippen molar-refractivity contribution in [1.82, 2.24) is 5.32 Å². The molecule has 2 N–H and O–H groups in total. The SMILES string of the molecule is CC(=O)Nc1sc(C)c(C)c1C(=O)OCC(=O)N[C@@H](C)C(C)C. The van der Waals surface area contributed by atoms with Gasteiger partial charge in [0.15, 0.2) is 6.61 Å². The maximum atomic E-state index is 12.3. The summed E-state index contributed by atoms with van der Waals surface area (Å²) in [5, 5.41) is 5.85. The lowest BCUT2D eigenvalue weighted by atomic mass is 10.1. The summed E-state index contributed by atoms with van der Waals surface area (Å²) in [5.41, 5.74) is 1.06. The minimum atomic E-state index is -0.608. The van der Waals surface area contributed by atoms with Crippen LogP contribution in [0.15, 0.2) is 0 Å². The lowest BCUT2D eigenvalue weighted by Crippen LogP contribution is -2.38. The van der Waals surface area contributed by atoms with Crippen molar-refractivity contribution < 1.29 is 19.1 Å². The van der Waals surface area contributed by atoms with Crippen LogP contribution in [0.5, 0.6) is 0 Å². The number of anilines is 1. The lowest BCUT2D eigenvalue weighted by molar-refractivity contribution is -0.125. The van der Waals surface area contributed by atoms with Gasteiger partial charge in [-0.1, -0.05) is 13.8 Å². The predicted octanol–water partition coefficient (Wildman–Crippen LogP) is 2.64. The molecule has 0 spiro atoms. The fourth-order valence-corrected chi connectivity index (χ4v) is 2.88. The molecule has 1 aromatic rings. The standard InChI is InChI=1S/C16H24N2O4S/c1-8(2)10(4)17-13(20)7-22-16(21)14-9(3)11(5)23-15(14)18-12(6)19/h8,10H,7H2,1-6H3,(H,17,20)(H,18,19)/t10-/m0/s1. The molecule has 0 unspecified atom stereocenters. The average Bonchev–Trinajstić information content (AvgIpc) is 2.70. The molecule has 0 aliphatic carbocycles. The number of esters is 1. The summed E-state index contributed by atoms with van der Waals surface area (Å²) < 4.78 is 5.09. The molecule has 0 saturated carbocycles. The van der Waals surface area contributed by atoms with Gasteiger partial charge in [-0.2, -0.15) is 0 Å². The number of ether oxygens (including phenoxy) is 1. The summed E-state index contributed by atoms with van der Waals surface area (Å²) in [6.45, 7) is 10.6. The minimum absolute atomic E-state index is 0.00118. The van der Waals surface area contributed by atoms with E-state index in [2.05, 4.69) is 10.6 Å². The van der Waals surface area contributed by atoms with Gasteiger partial charge in [-0.25, -0.2) is 4.79 Å². The second-order valence-corrected chi connectivity index (χ2v) is 7.07. The third kappa shape index (κ3) is 5.35. The molecular weight excluding hydrogens is 316 g/mol. The first-order valence-electron chi connectivity index (χ1n) is 7.47. The molecule has 0 fully saturated rings. The van der Waals surface area contributed by atoms with E-state index >= 15 is 0 Å². The second-order valence-electron chi connectivity index (χ2n) is 5.84. The maximum Gasteiger partial charge on any atom is 0.341 e. The molecule has 0 bridgehead atoms. The summed E-state index contributed by atoms with van der Waals surface area (Å²) in [6, 6.07) is 0.00118. The molecular formula is C16H24N2O4S. The number of rotatable bonds is 6. The Bertz CT molecular complexity index is 607. The molecule has 1 rings (SSSR count). The van der Waals surface area contributed by atoms with Crippen LogP contribution in [0.3, 0.4) is 0 Å². The van der Waals surface area contributed by atoms with E-state index in [1.165, 1.54) is 18.3 Å². The zero-order valence-electron chi connectivity index (χ0n) is 14.4. The van der Waals surface area contributed by atoms with E-state index in [-0.39, 0.29) is 24.5 Å². The lowest BCUT2D eigenvalue weighted by Gasteiger charge is -2.17. The van der Waals surface area contributed by atoms with Crippen molar-refractivity contribution in [3.63, 3.8) is 0 Å². The van der Waals surface area contributed by atoms with Gasteiger partial charge >= 0.3 is 5.97 Å². The number of thiophene rings is 1. The van der Waals surface area contributed by atoms with Crippen LogP contribution in [0, 0.1) is 19.8 Å². The summed E-state index contributed by atoms with van der Waals surface area (Å²) in [4.78, 5) is 36.2. The van der Waals surface area contributed by atoms with Gasteiger partial charge in [-0.15, -0.1) is 11.3 Å². The quantitative estimate of drug-likeness (QED) is 0.780. The van der Waals surface area contributed by atoms with Crippen molar-refractivity contribution in [2.24, 2.45) is 5.92 Å². The Morgan fingerprint density at radius 2 is 1.78 bits per heavy atom. The molecule has 1 heterocycles. The van der Waals surface area contributed by atoms with Crippen LogP contribution in [0.2, 0.25) is 0 Å². The van der Waals surface area contributed by atoms with Crippen LogP contribution in [0.4, 0.5) is 5.00 Å². The molecule has 7 heteroatoms.